The molecule has 3 aromatic carbocycles. The van der Waals surface area contributed by atoms with Gasteiger partial charge in [0.05, 0.1) is 11.4 Å². The molecule has 0 saturated carbocycles. The molecule has 148 valence electrons. The van der Waals surface area contributed by atoms with Crippen molar-refractivity contribution in [1.29, 1.82) is 0 Å². The fourth-order valence-electron chi connectivity index (χ4n) is 3.13. The summed E-state index contributed by atoms with van der Waals surface area (Å²) in [4.78, 5) is 26.1. The van der Waals surface area contributed by atoms with Crippen LogP contribution in [0.5, 0.6) is 5.75 Å². The maximum atomic E-state index is 13.4. The number of para-hydroxylation sites is 1. The van der Waals surface area contributed by atoms with Gasteiger partial charge in [-0.2, -0.15) is 0 Å². The van der Waals surface area contributed by atoms with Crippen LogP contribution in [0.3, 0.4) is 0 Å². The van der Waals surface area contributed by atoms with E-state index in [9.17, 15) is 19.1 Å². The summed E-state index contributed by atoms with van der Waals surface area (Å²) in [6, 6.07) is 20.9. The van der Waals surface area contributed by atoms with Crippen molar-refractivity contribution in [3.63, 3.8) is 0 Å². The molecule has 0 saturated heterocycles. The molecule has 0 unspecified atom stereocenters. The average Bonchev–Trinajstić information content (AvgIpc) is 3.10. The summed E-state index contributed by atoms with van der Waals surface area (Å²) in [5, 5.41) is 9.58. The molecule has 0 fully saturated rings. The summed E-state index contributed by atoms with van der Waals surface area (Å²) in [5.74, 6) is -0.897. The third-order valence-electron chi connectivity index (χ3n) is 4.57. The Bertz CT molecular complexity index is 1290. The molecule has 0 spiro atoms. The highest BCUT2D eigenvalue weighted by Crippen LogP contribution is 2.21. The molecular weight excluding hydrogens is 383 g/mol. The lowest BCUT2D eigenvalue weighted by Gasteiger charge is -2.03. The van der Waals surface area contributed by atoms with E-state index < -0.39 is 17.4 Å². The molecule has 5 nitrogen and oxygen atoms in total. The second-order valence-corrected chi connectivity index (χ2v) is 6.61. The van der Waals surface area contributed by atoms with E-state index >= 15 is 0 Å². The van der Waals surface area contributed by atoms with Crippen molar-refractivity contribution in [2.75, 3.05) is 0 Å². The predicted octanol–water partition coefficient (Wildman–Crippen LogP) is 4.50. The monoisotopic (exact) mass is 400 g/mol. The molecule has 0 aliphatic heterocycles. The summed E-state index contributed by atoms with van der Waals surface area (Å²) in [6.45, 7) is 0. The van der Waals surface area contributed by atoms with Crippen molar-refractivity contribution in [1.82, 2.24) is 9.13 Å². The van der Waals surface area contributed by atoms with Gasteiger partial charge in [0.1, 0.15) is 11.6 Å². The highest BCUT2D eigenvalue weighted by molar-refractivity contribution is 5.96. The molecule has 0 radical (unpaired) electrons. The maximum Gasteiger partial charge on any atom is 0.340 e. The van der Waals surface area contributed by atoms with Crippen LogP contribution in [-0.2, 0) is 0 Å². The Hall–Kier alpha value is -4.19. The quantitative estimate of drug-likeness (QED) is 0.513. The number of benzene rings is 3. The van der Waals surface area contributed by atoms with Crippen molar-refractivity contribution in [2.24, 2.45) is 0 Å². The average molecular weight is 400 g/mol. The largest absolute Gasteiger partial charge is 0.508 e. The molecule has 6 heteroatoms. The third-order valence-corrected chi connectivity index (χ3v) is 4.57. The number of hydrogen-bond donors (Lipinski definition) is 1. The molecule has 0 aliphatic carbocycles. The standard InChI is InChI=1S/C24H17FN2O3/c25-19-12-10-18(11-13-19)22-16-26(20-6-2-1-3-7-20)24(30)27(22)23(29)14-9-17-5-4-8-21(28)15-17/h1-16,28H/b14-9+. The van der Waals surface area contributed by atoms with Crippen LogP contribution in [0.4, 0.5) is 4.39 Å². The van der Waals surface area contributed by atoms with Gasteiger partial charge in [-0.05, 0) is 60.2 Å². The maximum absolute atomic E-state index is 13.4. The summed E-state index contributed by atoms with van der Waals surface area (Å²) < 4.78 is 15.8. The van der Waals surface area contributed by atoms with Crippen LogP contribution >= 0.6 is 0 Å². The van der Waals surface area contributed by atoms with Gasteiger partial charge in [0.2, 0.25) is 0 Å². The fraction of sp³-hybridized carbons (Fsp3) is 0. The molecule has 1 heterocycles. The number of rotatable bonds is 4. The Kier molecular flexibility index (Phi) is 5.13. The van der Waals surface area contributed by atoms with Crippen molar-refractivity contribution in [3.05, 3.63) is 113 Å². The van der Waals surface area contributed by atoms with E-state index in [0.29, 0.717) is 22.5 Å². The Morgan fingerprint density at radius 2 is 1.67 bits per heavy atom. The number of allylic oxidation sites excluding steroid dienone is 1. The van der Waals surface area contributed by atoms with Gasteiger partial charge in [-0.1, -0.05) is 30.3 Å². The lowest BCUT2D eigenvalue weighted by molar-refractivity contribution is 0.0967. The smallest absolute Gasteiger partial charge is 0.340 e. The molecule has 1 aromatic heterocycles. The van der Waals surface area contributed by atoms with Gasteiger partial charge in [-0.15, -0.1) is 0 Å². The Morgan fingerprint density at radius 1 is 0.933 bits per heavy atom. The summed E-state index contributed by atoms with van der Waals surface area (Å²) in [6.07, 6.45) is 4.34. The number of phenols is 1. The fourth-order valence-corrected chi connectivity index (χ4v) is 3.13. The number of aromatic hydroxyl groups is 1. The van der Waals surface area contributed by atoms with Crippen LogP contribution in [0.1, 0.15) is 10.4 Å². The number of aromatic nitrogens is 2. The SMILES string of the molecule is O=C(/C=C/c1cccc(O)c1)n1c(-c2ccc(F)cc2)cn(-c2ccccc2)c1=O. The number of carbonyl (C=O) groups excluding carboxylic acids is 1. The zero-order chi connectivity index (χ0) is 21.1. The van der Waals surface area contributed by atoms with Gasteiger partial charge in [0.15, 0.2) is 0 Å². The van der Waals surface area contributed by atoms with E-state index in [1.54, 1.807) is 42.6 Å². The van der Waals surface area contributed by atoms with Gasteiger partial charge in [0, 0.05) is 17.8 Å². The first kappa shape index (κ1) is 19.1. The molecular formula is C24H17FN2O3. The summed E-state index contributed by atoms with van der Waals surface area (Å²) in [7, 11) is 0. The molecule has 0 bridgehead atoms. The number of phenolic OH excluding ortho intramolecular Hbond substituents is 1. The lowest BCUT2D eigenvalue weighted by Crippen LogP contribution is -2.27. The van der Waals surface area contributed by atoms with E-state index in [4.69, 9.17) is 0 Å². The van der Waals surface area contributed by atoms with E-state index in [1.165, 1.54) is 53.1 Å². The molecule has 30 heavy (non-hydrogen) atoms. The highest BCUT2D eigenvalue weighted by atomic mass is 19.1. The molecule has 0 amide bonds. The van der Waals surface area contributed by atoms with Gasteiger partial charge >= 0.3 is 5.69 Å². The summed E-state index contributed by atoms with van der Waals surface area (Å²) >= 11 is 0. The van der Waals surface area contributed by atoms with Gasteiger partial charge in [0.25, 0.3) is 5.91 Å². The van der Waals surface area contributed by atoms with Crippen LogP contribution in [-0.4, -0.2) is 20.1 Å². The van der Waals surface area contributed by atoms with Crippen molar-refractivity contribution < 1.29 is 14.3 Å². The topological polar surface area (TPSA) is 64.2 Å². The molecule has 0 atom stereocenters. The van der Waals surface area contributed by atoms with E-state index in [0.717, 1.165) is 4.57 Å². The zero-order valence-corrected chi connectivity index (χ0v) is 15.8. The van der Waals surface area contributed by atoms with Crippen LogP contribution in [0, 0.1) is 5.82 Å². The molecule has 4 aromatic rings. The minimum Gasteiger partial charge on any atom is -0.508 e. The normalized spacial score (nSPS) is 11.1. The molecule has 4 rings (SSSR count). The van der Waals surface area contributed by atoms with E-state index in [1.807, 2.05) is 6.07 Å². The van der Waals surface area contributed by atoms with E-state index in [2.05, 4.69) is 0 Å². The van der Waals surface area contributed by atoms with Crippen LogP contribution < -0.4 is 5.69 Å². The Labute approximate surface area is 171 Å². The number of imidazole rings is 1. The molecule has 0 aliphatic rings. The van der Waals surface area contributed by atoms with E-state index in [-0.39, 0.29) is 5.75 Å². The van der Waals surface area contributed by atoms with Crippen molar-refractivity contribution in [2.45, 2.75) is 0 Å². The first-order valence-electron chi connectivity index (χ1n) is 9.20. The third kappa shape index (κ3) is 3.84. The van der Waals surface area contributed by atoms with Gasteiger partial charge < -0.3 is 5.11 Å². The number of halogens is 1. The second-order valence-electron chi connectivity index (χ2n) is 6.61. The Morgan fingerprint density at radius 3 is 2.37 bits per heavy atom. The Balaban J connectivity index is 1.82. The van der Waals surface area contributed by atoms with Crippen LogP contribution in [0.15, 0.2) is 95.9 Å². The minimum atomic E-state index is -0.558. The zero-order valence-electron chi connectivity index (χ0n) is 15.8. The number of carbonyl (C=O) groups is 1. The van der Waals surface area contributed by atoms with Crippen molar-refractivity contribution >= 4 is 12.0 Å². The number of nitrogens with zero attached hydrogens (tertiary/aromatic N) is 2. The lowest BCUT2D eigenvalue weighted by atomic mass is 10.1. The predicted molar refractivity (Wildman–Crippen MR) is 113 cm³/mol. The number of hydrogen-bond acceptors (Lipinski definition) is 3. The second kappa shape index (κ2) is 8.05. The minimum absolute atomic E-state index is 0.0731. The summed E-state index contributed by atoms with van der Waals surface area (Å²) in [5.41, 5.74) is 1.55. The first-order valence-corrected chi connectivity index (χ1v) is 9.20. The van der Waals surface area contributed by atoms with Gasteiger partial charge in [-0.3, -0.25) is 9.36 Å². The van der Waals surface area contributed by atoms with Crippen LogP contribution in [0.2, 0.25) is 0 Å². The molecule has 1 N–H and O–H groups in total. The van der Waals surface area contributed by atoms with Gasteiger partial charge in [-0.25, -0.2) is 13.8 Å². The van der Waals surface area contributed by atoms with Crippen molar-refractivity contribution in [3.8, 4) is 22.7 Å². The highest BCUT2D eigenvalue weighted by Gasteiger charge is 2.18. The van der Waals surface area contributed by atoms with Crippen LogP contribution in [0.25, 0.3) is 23.0 Å². The first-order chi connectivity index (χ1) is 14.5.